The van der Waals surface area contributed by atoms with Crippen LogP contribution in [0, 0.1) is 0 Å². The number of nitrogens with two attached hydrogens (primary N) is 1. The van der Waals surface area contributed by atoms with Gasteiger partial charge in [-0.3, -0.25) is 0 Å². The van der Waals surface area contributed by atoms with Crippen molar-refractivity contribution in [2.75, 3.05) is 6.61 Å². The van der Waals surface area contributed by atoms with E-state index in [0.29, 0.717) is 12.2 Å². The van der Waals surface area contributed by atoms with Crippen LogP contribution in [0.2, 0.25) is 0 Å². The van der Waals surface area contributed by atoms with Gasteiger partial charge in [0.25, 0.3) is 0 Å². The second kappa shape index (κ2) is 3.99. The molecule has 1 aromatic carbocycles. The molecule has 2 rings (SSSR count). The molecule has 0 amide bonds. The van der Waals surface area contributed by atoms with Crippen molar-refractivity contribution in [1.82, 2.24) is 0 Å². The third-order valence-corrected chi connectivity index (χ3v) is 3.32. The van der Waals surface area contributed by atoms with E-state index in [2.05, 4.69) is 0 Å². The van der Waals surface area contributed by atoms with Gasteiger partial charge in [-0.2, -0.15) is 13.2 Å². The van der Waals surface area contributed by atoms with Crippen molar-refractivity contribution in [3.63, 3.8) is 0 Å². The van der Waals surface area contributed by atoms with E-state index in [0.717, 1.165) is 18.6 Å². The van der Waals surface area contributed by atoms with E-state index in [4.69, 9.17) is 10.5 Å². The molecule has 94 valence electrons. The molecule has 2 nitrogen and oxygen atoms in total. The van der Waals surface area contributed by atoms with E-state index in [9.17, 15) is 13.2 Å². The lowest BCUT2D eigenvalue weighted by molar-refractivity contribution is -0.137. The summed E-state index contributed by atoms with van der Waals surface area (Å²) in [6, 6.07) is 4.82. The smallest absolute Gasteiger partial charge is 0.369 e. The number of rotatable bonds is 1. The monoisotopic (exact) mass is 245 g/mol. The third-order valence-electron chi connectivity index (χ3n) is 3.32. The Morgan fingerprint density at radius 2 is 1.88 bits per heavy atom. The zero-order valence-corrected chi connectivity index (χ0v) is 9.42. The van der Waals surface area contributed by atoms with E-state index >= 15 is 0 Å². The molecule has 1 fully saturated rings. The lowest BCUT2D eigenvalue weighted by atomic mass is 9.88. The molecule has 1 aliphatic heterocycles. The Balaban J connectivity index is 2.30. The first-order valence-electron chi connectivity index (χ1n) is 5.41. The number of ether oxygens (including phenoxy) is 1. The van der Waals surface area contributed by atoms with Crippen LogP contribution in [0.1, 0.15) is 24.5 Å². The first-order chi connectivity index (χ1) is 7.84. The summed E-state index contributed by atoms with van der Waals surface area (Å²) in [7, 11) is 0. The number of alkyl halides is 3. The fourth-order valence-electron chi connectivity index (χ4n) is 2.07. The number of halogens is 3. The quantitative estimate of drug-likeness (QED) is 0.825. The van der Waals surface area contributed by atoms with Crippen LogP contribution in [-0.2, 0) is 16.5 Å². The van der Waals surface area contributed by atoms with Crippen LogP contribution in [-0.4, -0.2) is 12.6 Å². The predicted molar refractivity (Wildman–Crippen MR) is 57.3 cm³/mol. The zero-order valence-electron chi connectivity index (χ0n) is 9.42. The Labute approximate surface area is 97.6 Å². The summed E-state index contributed by atoms with van der Waals surface area (Å²) in [5, 5.41) is 0. The highest BCUT2D eigenvalue weighted by Crippen LogP contribution is 2.36. The largest absolute Gasteiger partial charge is 0.416 e. The Kier molecular flexibility index (Phi) is 2.91. The summed E-state index contributed by atoms with van der Waals surface area (Å²) in [4.78, 5) is 0. The highest BCUT2D eigenvalue weighted by Gasteiger charge is 2.40. The van der Waals surface area contributed by atoms with Gasteiger partial charge in [0.2, 0.25) is 0 Å². The van der Waals surface area contributed by atoms with Crippen LogP contribution in [0.5, 0.6) is 0 Å². The van der Waals surface area contributed by atoms with Gasteiger partial charge >= 0.3 is 6.18 Å². The summed E-state index contributed by atoms with van der Waals surface area (Å²) >= 11 is 0. The number of hydrogen-bond acceptors (Lipinski definition) is 2. The zero-order chi connectivity index (χ0) is 12.7. The Bertz CT molecular complexity index is 401. The van der Waals surface area contributed by atoms with Gasteiger partial charge in [-0.25, -0.2) is 0 Å². The predicted octanol–water partition coefficient (Wildman–Crippen LogP) is 2.67. The van der Waals surface area contributed by atoms with Crippen molar-refractivity contribution in [1.29, 1.82) is 0 Å². The van der Waals surface area contributed by atoms with Gasteiger partial charge in [-0.05, 0) is 31.0 Å². The first-order valence-corrected chi connectivity index (χ1v) is 5.41. The standard InChI is InChI=1S/C12H14F3NO/c1-11(10(16)6-7-17-11)8-2-4-9(5-3-8)12(13,14)15/h2-5,10H,6-7,16H2,1H3. The molecule has 2 N–H and O–H groups in total. The Morgan fingerprint density at radius 3 is 2.29 bits per heavy atom. The minimum absolute atomic E-state index is 0.181. The lowest BCUT2D eigenvalue weighted by Gasteiger charge is -2.28. The van der Waals surface area contributed by atoms with E-state index in [1.54, 1.807) is 0 Å². The number of benzene rings is 1. The summed E-state index contributed by atoms with van der Waals surface area (Å²) in [6.07, 6.45) is -3.59. The van der Waals surface area contributed by atoms with Gasteiger partial charge in [0.1, 0.15) is 5.60 Å². The molecular formula is C12H14F3NO. The second-order valence-electron chi connectivity index (χ2n) is 4.43. The maximum absolute atomic E-state index is 12.4. The Hall–Kier alpha value is -1.07. The minimum Gasteiger partial charge on any atom is -0.369 e. The van der Waals surface area contributed by atoms with Gasteiger partial charge in [-0.1, -0.05) is 12.1 Å². The minimum atomic E-state index is -4.31. The summed E-state index contributed by atoms with van der Waals surface area (Å²) < 4.78 is 42.8. The fourth-order valence-corrected chi connectivity index (χ4v) is 2.07. The van der Waals surface area contributed by atoms with E-state index < -0.39 is 17.3 Å². The van der Waals surface area contributed by atoms with Crippen LogP contribution < -0.4 is 5.73 Å². The van der Waals surface area contributed by atoms with Crippen molar-refractivity contribution in [2.24, 2.45) is 5.73 Å². The third kappa shape index (κ3) is 2.17. The maximum atomic E-state index is 12.4. The molecule has 0 radical (unpaired) electrons. The van der Waals surface area contributed by atoms with Crippen molar-refractivity contribution in [3.8, 4) is 0 Å². The average molecular weight is 245 g/mol. The van der Waals surface area contributed by atoms with Crippen LogP contribution in [0.3, 0.4) is 0 Å². The van der Waals surface area contributed by atoms with Crippen molar-refractivity contribution in [2.45, 2.75) is 31.2 Å². The normalized spacial score (nSPS) is 29.6. The van der Waals surface area contributed by atoms with Gasteiger partial charge in [-0.15, -0.1) is 0 Å². The molecule has 1 heterocycles. The molecule has 2 unspecified atom stereocenters. The van der Waals surface area contributed by atoms with Crippen LogP contribution in [0.4, 0.5) is 13.2 Å². The van der Waals surface area contributed by atoms with Gasteiger partial charge in [0.15, 0.2) is 0 Å². The fraction of sp³-hybridized carbons (Fsp3) is 0.500. The molecule has 2 atom stereocenters. The lowest BCUT2D eigenvalue weighted by Crippen LogP contribution is -2.39. The van der Waals surface area contributed by atoms with Crippen LogP contribution in [0.15, 0.2) is 24.3 Å². The van der Waals surface area contributed by atoms with Gasteiger partial charge in [0.05, 0.1) is 5.56 Å². The highest BCUT2D eigenvalue weighted by molar-refractivity contribution is 5.30. The summed E-state index contributed by atoms with van der Waals surface area (Å²) in [6.45, 7) is 2.35. The number of hydrogen-bond donors (Lipinski definition) is 1. The first kappa shape index (κ1) is 12.4. The average Bonchev–Trinajstić information content (AvgIpc) is 2.60. The Morgan fingerprint density at radius 1 is 1.29 bits per heavy atom. The van der Waals surface area contributed by atoms with E-state index in [1.807, 2.05) is 6.92 Å². The maximum Gasteiger partial charge on any atom is 0.416 e. The molecule has 1 aliphatic rings. The van der Waals surface area contributed by atoms with E-state index in [-0.39, 0.29) is 6.04 Å². The molecule has 0 aromatic heterocycles. The molecule has 5 heteroatoms. The SMILES string of the molecule is CC1(c2ccc(C(F)(F)F)cc2)OCCC1N. The van der Waals surface area contributed by atoms with Crippen LogP contribution >= 0.6 is 0 Å². The van der Waals surface area contributed by atoms with Gasteiger partial charge in [0, 0.05) is 12.6 Å². The van der Waals surface area contributed by atoms with Crippen molar-refractivity contribution < 1.29 is 17.9 Å². The second-order valence-corrected chi connectivity index (χ2v) is 4.43. The molecule has 0 saturated carbocycles. The molecule has 0 spiro atoms. The van der Waals surface area contributed by atoms with Crippen molar-refractivity contribution in [3.05, 3.63) is 35.4 Å². The molecule has 17 heavy (non-hydrogen) atoms. The van der Waals surface area contributed by atoms with Crippen LogP contribution in [0.25, 0.3) is 0 Å². The highest BCUT2D eigenvalue weighted by atomic mass is 19.4. The van der Waals surface area contributed by atoms with Crippen molar-refractivity contribution >= 4 is 0 Å². The topological polar surface area (TPSA) is 35.2 Å². The molecule has 1 aromatic rings. The molecular weight excluding hydrogens is 231 g/mol. The summed E-state index contributed by atoms with van der Waals surface area (Å²) in [5.41, 5.74) is 5.28. The van der Waals surface area contributed by atoms with E-state index in [1.165, 1.54) is 12.1 Å². The summed E-state index contributed by atoms with van der Waals surface area (Å²) in [5.74, 6) is 0. The molecule has 0 aliphatic carbocycles. The molecule has 0 bridgehead atoms. The molecule has 1 saturated heterocycles. The van der Waals surface area contributed by atoms with Gasteiger partial charge < -0.3 is 10.5 Å².